The van der Waals surface area contributed by atoms with E-state index in [1.54, 1.807) is 12.3 Å². The number of rotatable bonds is 2. The number of allylic oxidation sites excluding steroid dienone is 1. The second-order valence-corrected chi connectivity index (χ2v) is 6.47. The summed E-state index contributed by atoms with van der Waals surface area (Å²) in [6.45, 7) is 1.74. The van der Waals surface area contributed by atoms with E-state index in [0.29, 0.717) is 5.69 Å². The molecule has 0 radical (unpaired) electrons. The first kappa shape index (κ1) is 16.6. The lowest BCUT2D eigenvalue weighted by molar-refractivity contribution is 0.388. The number of aromatic nitrogens is 1. The fourth-order valence-electron chi connectivity index (χ4n) is 2.67. The number of piperidine rings is 1. The number of pyridine rings is 1. The quantitative estimate of drug-likeness (QED) is 0.601. The highest BCUT2D eigenvalue weighted by Crippen LogP contribution is 2.26. The summed E-state index contributed by atoms with van der Waals surface area (Å²) in [5.41, 5.74) is 5.21. The summed E-state index contributed by atoms with van der Waals surface area (Å²) in [7, 11) is 0. The van der Waals surface area contributed by atoms with Crippen LogP contribution in [0.25, 0.3) is 0 Å². The molecule has 4 nitrogen and oxygen atoms in total. The zero-order chi connectivity index (χ0) is 16.8. The summed E-state index contributed by atoms with van der Waals surface area (Å²) >= 11 is 3.45. The van der Waals surface area contributed by atoms with Gasteiger partial charge >= 0.3 is 0 Å². The van der Waals surface area contributed by atoms with Crippen molar-refractivity contribution in [3.05, 3.63) is 64.3 Å². The first-order valence-electron chi connectivity index (χ1n) is 7.81. The van der Waals surface area contributed by atoms with Gasteiger partial charge in [-0.15, -0.1) is 0 Å². The summed E-state index contributed by atoms with van der Waals surface area (Å²) < 4.78 is 1.04. The summed E-state index contributed by atoms with van der Waals surface area (Å²) in [6.07, 6.45) is 5.68. The van der Waals surface area contributed by atoms with Crippen LogP contribution < -0.4 is 10.4 Å². The van der Waals surface area contributed by atoms with Crippen LogP contribution in [0.5, 0.6) is 0 Å². The molecule has 0 unspecified atom stereocenters. The van der Waals surface area contributed by atoms with E-state index >= 15 is 0 Å². The minimum Gasteiger partial charge on any atom is -0.354 e. The lowest BCUT2D eigenvalue weighted by atomic mass is 10.0. The Balaban J connectivity index is 1.63. The molecule has 0 spiro atoms. The Morgan fingerprint density at radius 1 is 1.21 bits per heavy atom. The van der Waals surface area contributed by atoms with Gasteiger partial charge in [0.05, 0.1) is 0 Å². The van der Waals surface area contributed by atoms with Crippen LogP contribution in [0.2, 0.25) is 0 Å². The summed E-state index contributed by atoms with van der Waals surface area (Å²) in [4.78, 5) is 6.54. The molecule has 1 aromatic heterocycles. The number of nitrogens with zero attached hydrogens (tertiary/aromatic N) is 2. The Hall–Kier alpha value is -2.29. The van der Waals surface area contributed by atoms with Gasteiger partial charge in [-0.2, -0.15) is 0 Å². The van der Waals surface area contributed by atoms with E-state index in [1.165, 1.54) is 5.57 Å². The van der Waals surface area contributed by atoms with Crippen molar-refractivity contribution in [2.45, 2.75) is 12.8 Å². The highest BCUT2D eigenvalue weighted by atomic mass is 79.9. The maximum Gasteiger partial charge on any atom is 0.154 e. The van der Waals surface area contributed by atoms with Crippen molar-refractivity contribution in [3.8, 4) is 11.8 Å². The van der Waals surface area contributed by atoms with Crippen molar-refractivity contribution in [3.63, 3.8) is 0 Å². The predicted molar refractivity (Wildman–Crippen MR) is 100 cm³/mol. The first-order valence-corrected chi connectivity index (χ1v) is 8.60. The van der Waals surface area contributed by atoms with Crippen LogP contribution in [0.4, 0.5) is 11.5 Å². The van der Waals surface area contributed by atoms with Gasteiger partial charge in [0.1, 0.15) is 5.69 Å². The number of hydrogen-bond donors (Lipinski definition) is 2. The minimum absolute atomic E-state index is 0.638. The Kier molecular flexibility index (Phi) is 5.52. The van der Waals surface area contributed by atoms with Gasteiger partial charge in [-0.3, -0.25) is 10.7 Å². The molecule has 1 aliphatic rings. The summed E-state index contributed by atoms with van der Waals surface area (Å²) in [6, 6.07) is 11.6. The molecule has 24 heavy (non-hydrogen) atoms. The molecule has 1 saturated heterocycles. The molecule has 2 aromatic rings. The lowest BCUT2D eigenvalue weighted by Gasteiger charge is -2.30. The Morgan fingerprint density at radius 2 is 2.04 bits per heavy atom. The topological polar surface area (TPSA) is 48.4 Å². The molecule has 1 aromatic carbocycles. The highest BCUT2D eigenvalue weighted by molar-refractivity contribution is 9.10. The SMILES string of the molecule is ONc1cccnc1N1CCC(=CC#Cc2cccc(Br)c2)CC1. The number of anilines is 2. The fraction of sp³-hybridized carbons (Fsp3) is 0.211. The average Bonchev–Trinajstić information content (AvgIpc) is 2.62. The van der Waals surface area contributed by atoms with E-state index in [2.05, 4.69) is 43.1 Å². The van der Waals surface area contributed by atoms with Gasteiger partial charge in [0.15, 0.2) is 5.82 Å². The van der Waals surface area contributed by atoms with E-state index in [9.17, 15) is 5.21 Å². The molecule has 1 aliphatic heterocycles. The standard InChI is InChI=1S/C19H18BrN3O/c20-17-7-2-6-16(14-17)5-1-4-15-9-12-23(13-10-15)19-18(22-24)8-3-11-21-19/h2-4,6-8,11,14,22,24H,9-10,12-13H2. The van der Waals surface area contributed by atoms with Crippen molar-refractivity contribution >= 4 is 27.4 Å². The molecule has 0 bridgehead atoms. The number of hydrogen-bond acceptors (Lipinski definition) is 4. The molecule has 0 amide bonds. The molecule has 122 valence electrons. The molecular weight excluding hydrogens is 366 g/mol. The van der Waals surface area contributed by atoms with Gasteiger partial charge in [0.25, 0.3) is 0 Å². The number of halogens is 1. The van der Waals surface area contributed by atoms with Crippen LogP contribution in [0.3, 0.4) is 0 Å². The largest absolute Gasteiger partial charge is 0.354 e. The zero-order valence-corrected chi connectivity index (χ0v) is 14.8. The first-order chi connectivity index (χ1) is 11.8. The van der Waals surface area contributed by atoms with Gasteiger partial charge in [0.2, 0.25) is 0 Å². The van der Waals surface area contributed by atoms with E-state index in [1.807, 2.05) is 36.4 Å². The van der Waals surface area contributed by atoms with Gasteiger partial charge in [-0.1, -0.05) is 39.4 Å². The highest BCUT2D eigenvalue weighted by Gasteiger charge is 2.17. The molecule has 2 N–H and O–H groups in total. The van der Waals surface area contributed by atoms with Crippen molar-refractivity contribution in [1.29, 1.82) is 0 Å². The minimum atomic E-state index is 0.638. The van der Waals surface area contributed by atoms with Crippen LogP contribution in [0.15, 0.2) is 58.7 Å². The summed E-state index contributed by atoms with van der Waals surface area (Å²) in [5, 5.41) is 9.20. The van der Waals surface area contributed by atoms with Gasteiger partial charge in [0, 0.05) is 29.3 Å². The van der Waals surface area contributed by atoms with Crippen molar-refractivity contribution in [1.82, 2.24) is 4.98 Å². The average molecular weight is 384 g/mol. The molecule has 1 fully saturated rings. The smallest absolute Gasteiger partial charge is 0.154 e. The van der Waals surface area contributed by atoms with Gasteiger partial charge < -0.3 is 4.90 Å². The van der Waals surface area contributed by atoms with E-state index < -0.39 is 0 Å². The third kappa shape index (κ3) is 4.16. The molecule has 3 rings (SSSR count). The number of benzene rings is 1. The van der Waals surface area contributed by atoms with Crippen LogP contribution in [0, 0.1) is 11.8 Å². The monoisotopic (exact) mass is 383 g/mol. The van der Waals surface area contributed by atoms with Crippen LogP contribution in [-0.2, 0) is 0 Å². The van der Waals surface area contributed by atoms with Crippen molar-refractivity contribution in [2.75, 3.05) is 23.5 Å². The maximum absolute atomic E-state index is 9.20. The second-order valence-electron chi connectivity index (χ2n) is 5.56. The van der Waals surface area contributed by atoms with Crippen LogP contribution >= 0.6 is 15.9 Å². The van der Waals surface area contributed by atoms with Crippen LogP contribution in [0.1, 0.15) is 18.4 Å². The fourth-order valence-corrected chi connectivity index (χ4v) is 3.07. The van der Waals surface area contributed by atoms with Crippen molar-refractivity contribution < 1.29 is 5.21 Å². The Bertz CT molecular complexity index is 797. The molecular formula is C19H18BrN3O. The Labute approximate surface area is 150 Å². The molecule has 2 heterocycles. The third-order valence-electron chi connectivity index (χ3n) is 3.93. The van der Waals surface area contributed by atoms with E-state index in [-0.39, 0.29) is 0 Å². The maximum atomic E-state index is 9.20. The second kappa shape index (κ2) is 8.00. The number of nitrogens with one attached hydrogen (secondary N) is 1. The van der Waals surface area contributed by atoms with Crippen molar-refractivity contribution in [2.24, 2.45) is 0 Å². The van der Waals surface area contributed by atoms with E-state index in [4.69, 9.17) is 0 Å². The normalized spacial score (nSPS) is 13.9. The molecule has 5 heteroatoms. The molecule has 0 aliphatic carbocycles. The lowest BCUT2D eigenvalue weighted by Crippen LogP contribution is -2.31. The van der Waals surface area contributed by atoms with Gasteiger partial charge in [-0.05, 0) is 49.2 Å². The Morgan fingerprint density at radius 3 is 2.79 bits per heavy atom. The zero-order valence-electron chi connectivity index (χ0n) is 13.2. The third-order valence-corrected chi connectivity index (χ3v) is 4.42. The predicted octanol–water partition coefficient (Wildman–Crippen LogP) is 4.22. The molecule has 0 atom stereocenters. The van der Waals surface area contributed by atoms with E-state index in [0.717, 1.165) is 41.8 Å². The molecule has 0 saturated carbocycles. The van der Waals surface area contributed by atoms with Gasteiger partial charge in [-0.25, -0.2) is 4.98 Å². The van der Waals surface area contributed by atoms with Crippen LogP contribution in [-0.4, -0.2) is 23.3 Å². The summed E-state index contributed by atoms with van der Waals surface area (Å²) in [5.74, 6) is 7.12.